The molecule has 178 valence electrons. The predicted octanol–water partition coefficient (Wildman–Crippen LogP) is 3.55. The zero-order valence-electron chi connectivity index (χ0n) is 19.6. The standard InChI is InChI=1S/C24H37N3O4S/c1-4-26(5-2)23(29)24(16-8-6-9-17-24)25-22(28)20-12-14-21(15-13-20)32(30,31)27-18-10-7-11-19(27)3/h12-15,19H,4-11,16-18H2,1-3H3,(H,25,28). The number of nitrogens with zero attached hydrogens (tertiary/aromatic N) is 2. The molecule has 1 aliphatic heterocycles. The van der Waals surface area contributed by atoms with Gasteiger partial charge in [-0.25, -0.2) is 8.42 Å². The van der Waals surface area contributed by atoms with Gasteiger partial charge in [0.05, 0.1) is 4.90 Å². The number of likely N-dealkylation sites (N-methyl/N-ethyl adjacent to an activating group) is 1. The summed E-state index contributed by atoms with van der Waals surface area (Å²) in [5, 5.41) is 3.04. The molecule has 8 heteroatoms. The molecule has 2 amide bonds. The number of piperidine rings is 1. The topological polar surface area (TPSA) is 86.8 Å². The van der Waals surface area contributed by atoms with Gasteiger partial charge in [-0.1, -0.05) is 25.7 Å². The van der Waals surface area contributed by atoms with Gasteiger partial charge in [-0.05, 0) is 70.7 Å². The second kappa shape index (κ2) is 10.3. The molecule has 32 heavy (non-hydrogen) atoms. The average molecular weight is 464 g/mol. The molecule has 1 aromatic carbocycles. The maximum absolute atomic E-state index is 13.3. The molecular weight excluding hydrogens is 426 g/mol. The summed E-state index contributed by atoms with van der Waals surface area (Å²) in [5.41, 5.74) is -0.511. The number of sulfonamides is 1. The summed E-state index contributed by atoms with van der Waals surface area (Å²) in [6, 6.07) is 6.09. The first-order valence-corrected chi connectivity index (χ1v) is 13.4. The third kappa shape index (κ3) is 5.01. The van der Waals surface area contributed by atoms with E-state index in [-0.39, 0.29) is 22.8 Å². The maximum atomic E-state index is 13.3. The summed E-state index contributed by atoms with van der Waals surface area (Å²) >= 11 is 0. The number of amides is 2. The van der Waals surface area contributed by atoms with Crippen LogP contribution in [0.25, 0.3) is 0 Å². The van der Waals surface area contributed by atoms with Gasteiger partial charge in [-0.15, -0.1) is 0 Å². The summed E-state index contributed by atoms with van der Waals surface area (Å²) < 4.78 is 27.7. The summed E-state index contributed by atoms with van der Waals surface area (Å²) in [6.45, 7) is 7.57. The van der Waals surface area contributed by atoms with Crippen molar-refractivity contribution in [1.29, 1.82) is 0 Å². The van der Waals surface area contributed by atoms with E-state index in [0.29, 0.717) is 38.0 Å². The smallest absolute Gasteiger partial charge is 0.252 e. The van der Waals surface area contributed by atoms with Crippen LogP contribution in [0.1, 0.15) is 82.5 Å². The molecule has 0 aromatic heterocycles. The molecule has 0 radical (unpaired) electrons. The zero-order chi connectivity index (χ0) is 23.4. The highest BCUT2D eigenvalue weighted by Crippen LogP contribution is 2.31. The van der Waals surface area contributed by atoms with Gasteiger partial charge in [0.25, 0.3) is 5.91 Å². The summed E-state index contributed by atoms with van der Waals surface area (Å²) in [4.78, 5) is 28.3. The van der Waals surface area contributed by atoms with Crippen LogP contribution in [0.2, 0.25) is 0 Å². The Labute approximate surface area is 192 Å². The molecule has 0 spiro atoms. The van der Waals surface area contributed by atoms with Gasteiger partial charge in [0, 0.05) is 31.2 Å². The highest BCUT2D eigenvalue weighted by molar-refractivity contribution is 7.89. The van der Waals surface area contributed by atoms with Gasteiger partial charge in [-0.3, -0.25) is 9.59 Å². The lowest BCUT2D eigenvalue weighted by Gasteiger charge is -2.40. The lowest BCUT2D eigenvalue weighted by molar-refractivity contribution is -0.139. The number of hydrogen-bond acceptors (Lipinski definition) is 4. The van der Waals surface area contributed by atoms with Crippen LogP contribution in [0.3, 0.4) is 0 Å². The molecule has 0 bridgehead atoms. The highest BCUT2D eigenvalue weighted by Gasteiger charge is 2.43. The van der Waals surface area contributed by atoms with Crippen LogP contribution in [0.15, 0.2) is 29.2 Å². The Kier molecular flexibility index (Phi) is 7.98. The van der Waals surface area contributed by atoms with Gasteiger partial charge in [-0.2, -0.15) is 4.31 Å². The number of benzene rings is 1. The molecule has 2 fully saturated rings. The Morgan fingerprint density at radius 3 is 2.22 bits per heavy atom. The minimum absolute atomic E-state index is 0.0195. The molecule has 1 atom stereocenters. The Morgan fingerprint density at radius 2 is 1.66 bits per heavy atom. The first-order chi connectivity index (χ1) is 15.2. The Hall–Kier alpha value is -1.93. The van der Waals surface area contributed by atoms with Crippen molar-refractivity contribution in [1.82, 2.24) is 14.5 Å². The fraction of sp³-hybridized carbons (Fsp3) is 0.667. The Morgan fingerprint density at radius 1 is 1.03 bits per heavy atom. The van der Waals surface area contributed by atoms with Crippen molar-refractivity contribution in [2.75, 3.05) is 19.6 Å². The lowest BCUT2D eigenvalue weighted by atomic mass is 9.80. The minimum atomic E-state index is -3.58. The van der Waals surface area contributed by atoms with Crippen molar-refractivity contribution in [2.24, 2.45) is 0 Å². The number of rotatable bonds is 7. The molecule has 1 saturated carbocycles. The molecule has 7 nitrogen and oxygen atoms in total. The van der Waals surface area contributed by atoms with Gasteiger partial charge < -0.3 is 10.2 Å². The second-order valence-corrected chi connectivity index (χ2v) is 10.9. The molecule has 1 saturated heterocycles. The van der Waals surface area contributed by atoms with Gasteiger partial charge >= 0.3 is 0 Å². The largest absolute Gasteiger partial charge is 0.341 e. The maximum Gasteiger partial charge on any atom is 0.252 e. The third-order valence-corrected chi connectivity index (χ3v) is 9.01. The molecule has 1 heterocycles. The molecule has 1 unspecified atom stereocenters. The lowest BCUT2D eigenvalue weighted by Crippen LogP contribution is -2.60. The molecular formula is C24H37N3O4S. The van der Waals surface area contributed by atoms with Crippen LogP contribution in [0.5, 0.6) is 0 Å². The van der Waals surface area contributed by atoms with Crippen molar-refractivity contribution in [3.05, 3.63) is 29.8 Å². The quantitative estimate of drug-likeness (QED) is 0.670. The SMILES string of the molecule is CCN(CC)C(=O)C1(NC(=O)c2ccc(S(=O)(=O)N3CCCCC3C)cc2)CCCCC1. The molecule has 2 aliphatic rings. The first-order valence-electron chi connectivity index (χ1n) is 12.0. The van der Waals surface area contributed by atoms with Crippen LogP contribution >= 0.6 is 0 Å². The van der Waals surface area contributed by atoms with E-state index >= 15 is 0 Å². The summed E-state index contributed by atoms with van der Waals surface area (Å²) in [6.07, 6.45) is 6.90. The van der Waals surface area contributed by atoms with Gasteiger partial charge in [0.2, 0.25) is 15.9 Å². The summed E-state index contributed by atoms with van der Waals surface area (Å²) in [7, 11) is -3.58. The second-order valence-electron chi connectivity index (χ2n) is 9.06. The van der Waals surface area contributed by atoms with E-state index in [0.717, 1.165) is 38.5 Å². The highest BCUT2D eigenvalue weighted by atomic mass is 32.2. The number of carbonyl (C=O) groups excluding carboxylic acids is 2. The Balaban J connectivity index is 1.79. The molecule has 1 N–H and O–H groups in total. The normalized spacial score (nSPS) is 21.7. The fourth-order valence-corrected chi connectivity index (χ4v) is 6.69. The van der Waals surface area contributed by atoms with E-state index in [1.54, 1.807) is 21.3 Å². The first kappa shape index (κ1) is 24.7. The monoisotopic (exact) mass is 463 g/mol. The van der Waals surface area contributed by atoms with Crippen LogP contribution in [0.4, 0.5) is 0 Å². The number of carbonyl (C=O) groups is 2. The fourth-order valence-electron chi connectivity index (χ4n) is 4.99. The van der Waals surface area contributed by atoms with Gasteiger partial charge in [0.1, 0.15) is 5.54 Å². The van der Waals surface area contributed by atoms with Crippen LogP contribution in [-0.2, 0) is 14.8 Å². The summed E-state index contributed by atoms with van der Waals surface area (Å²) in [5.74, 6) is -0.350. The minimum Gasteiger partial charge on any atom is -0.341 e. The predicted molar refractivity (Wildman–Crippen MR) is 125 cm³/mol. The van der Waals surface area contributed by atoms with E-state index in [9.17, 15) is 18.0 Å². The van der Waals surface area contributed by atoms with E-state index in [2.05, 4.69) is 5.32 Å². The van der Waals surface area contributed by atoms with E-state index in [1.165, 1.54) is 12.1 Å². The number of nitrogens with one attached hydrogen (secondary N) is 1. The Bertz CT molecular complexity index is 904. The zero-order valence-corrected chi connectivity index (χ0v) is 20.4. The number of hydrogen-bond donors (Lipinski definition) is 1. The van der Waals surface area contributed by atoms with Crippen LogP contribution < -0.4 is 5.32 Å². The van der Waals surface area contributed by atoms with Crippen molar-refractivity contribution in [3.63, 3.8) is 0 Å². The van der Waals surface area contributed by atoms with Crippen molar-refractivity contribution in [2.45, 2.75) is 88.6 Å². The van der Waals surface area contributed by atoms with Crippen molar-refractivity contribution < 1.29 is 18.0 Å². The van der Waals surface area contributed by atoms with E-state index < -0.39 is 15.6 Å². The van der Waals surface area contributed by atoms with Gasteiger partial charge in [0.15, 0.2) is 0 Å². The molecule has 3 rings (SSSR count). The van der Waals surface area contributed by atoms with E-state index in [1.807, 2.05) is 20.8 Å². The third-order valence-electron chi connectivity index (χ3n) is 6.99. The average Bonchev–Trinajstić information content (AvgIpc) is 2.80. The van der Waals surface area contributed by atoms with Crippen molar-refractivity contribution >= 4 is 21.8 Å². The van der Waals surface area contributed by atoms with Crippen LogP contribution in [0, 0.1) is 0 Å². The molecule has 1 aromatic rings. The molecule has 1 aliphatic carbocycles. The van der Waals surface area contributed by atoms with Crippen molar-refractivity contribution in [3.8, 4) is 0 Å². The van der Waals surface area contributed by atoms with E-state index in [4.69, 9.17) is 0 Å². The van der Waals surface area contributed by atoms with Crippen LogP contribution in [-0.4, -0.2) is 60.7 Å².